The Kier molecular flexibility index (Phi) is 4.84. The molecule has 3 fully saturated rings. The van der Waals surface area contributed by atoms with Crippen LogP contribution in [0.3, 0.4) is 0 Å². The average Bonchev–Trinajstić information content (AvgIpc) is 2.92. The second kappa shape index (κ2) is 6.74. The third-order valence-corrected chi connectivity index (χ3v) is 9.08. The lowest BCUT2D eigenvalue weighted by atomic mass is 9.45. The van der Waals surface area contributed by atoms with Crippen molar-refractivity contribution >= 4 is 5.78 Å². The maximum Gasteiger partial charge on any atom is 0.139 e. The van der Waals surface area contributed by atoms with E-state index in [1.54, 1.807) is 5.57 Å². The van der Waals surface area contributed by atoms with Crippen molar-refractivity contribution in [3.05, 3.63) is 11.6 Å². The molecule has 0 aromatic carbocycles. The maximum atomic E-state index is 12.5. The molecular weight excluding hydrogens is 322 g/mol. The van der Waals surface area contributed by atoms with E-state index in [-0.39, 0.29) is 16.9 Å². The van der Waals surface area contributed by atoms with Gasteiger partial charge in [0.05, 0.1) is 6.10 Å². The zero-order chi connectivity index (χ0) is 18.5. The smallest absolute Gasteiger partial charge is 0.139 e. The van der Waals surface area contributed by atoms with Crippen LogP contribution in [-0.2, 0) is 4.79 Å². The molecular formula is C23H37NO2. The molecule has 3 nitrogen and oxygen atoms in total. The quantitative estimate of drug-likeness (QED) is 0.583. The van der Waals surface area contributed by atoms with Gasteiger partial charge in [-0.1, -0.05) is 25.5 Å². The van der Waals surface area contributed by atoms with Gasteiger partial charge >= 0.3 is 0 Å². The van der Waals surface area contributed by atoms with Crippen molar-refractivity contribution < 1.29 is 9.90 Å². The summed E-state index contributed by atoms with van der Waals surface area (Å²) in [5.74, 6) is 2.64. The van der Waals surface area contributed by atoms with Crippen LogP contribution < -0.4 is 5.73 Å². The lowest BCUT2D eigenvalue weighted by Crippen LogP contribution is -2.56. The second-order valence-electron chi connectivity index (χ2n) is 10.2. The van der Waals surface area contributed by atoms with Crippen molar-refractivity contribution in [1.82, 2.24) is 0 Å². The van der Waals surface area contributed by atoms with Gasteiger partial charge in [-0.25, -0.2) is 0 Å². The highest BCUT2D eigenvalue weighted by Crippen LogP contribution is 2.65. The number of ketones is 1. The minimum Gasteiger partial charge on any atom is -0.393 e. The topological polar surface area (TPSA) is 63.3 Å². The van der Waals surface area contributed by atoms with E-state index in [1.807, 2.05) is 0 Å². The van der Waals surface area contributed by atoms with Crippen LogP contribution in [0.5, 0.6) is 0 Å². The number of carbonyl (C=O) groups is 1. The highest BCUT2D eigenvalue weighted by atomic mass is 16.3. The molecule has 4 rings (SSSR count). The summed E-state index contributed by atoms with van der Waals surface area (Å²) in [4.78, 5) is 12.5. The van der Waals surface area contributed by atoms with Crippen LogP contribution in [0.4, 0.5) is 0 Å². The summed E-state index contributed by atoms with van der Waals surface area (Å²) in [5, 5.41) is 11.1. The van der Waals surface area contributed by atoms with Gasteiger partial charge in [-0.15, -0.1) is 0 Å². The zero-order valence-electron chi connectivity index (χ0n) is 16.7. The SMILES string of the molecule is C[C@]12CC=C(CCCCN)CC1[C@@H](O)C[C@@H]1[C@@H]2CC[C@]2(C)C(=O)CC[C@@H]12. The molecule has 1 unspecified atom stereocenters. The molecule has 0 amide bonds. The van der Waals surface area contributed by atoms with Crippen LogP contribution in [0, 0.1) is 34.5 Å². The molecule has 3 N–H and O–H groups in total. The molecule has 0 aromatic rings. The first-order valence-electron chi connectivity index (χ1n) is 11.0. The number of aliphatic hydroxyl groups excluding tert-OH is 1. The Morgan fingerprint density at radius 3 is 2.77 bits per heavy atom. The van der Waals surface area contributed by atoms with E-state index in [2.05, 4.69) is 19.9 Å². The molecule has 4 aliphatic rings. The Morgan fingerprint density at radius 1 is 1.19 bits per heavy atom. The molecule has 0 aliphatic heterocycles. The summed E-state index contributed by atoms with van der Waals surface area (Å²) < 4.78 is 0. The van der Waals surface area contributed by atoms with Crippen LogP contribution in [0.25, 0.3) is 0 Å². The van der Waals surface area contributed by atoms with E-state index in [9.17, 15) is 9.90 Å². The number of hydrogen-bond acceptors (Lipinski definition) is 3. The highest BCUT2D eigenvalue weighted by Gasteiger charge is 2.61. The summed E-state index contributed by atoms with van der Waals surface area (Å²) in [7, 11) is 0. The van der Waals surface area contributed by atoms with Crippen molar-refractivity contribution in [2.24, 2.45) is 40.2 Å². The fourth-order valence-electron chi connectivity index (χ4n) is 7.47. The first-order chi connectivity index (χ1) is 12.4. The van der Waals surface area contributed by atoms with E-state index in [0.29, 0.717) is 29.5 Å². The van der Waals surface area contributed by atoms with Gasteiger partial charge < -0.3 is 10.8 Å². The number of Topliss-reactive ketones (excluding diaryl/α,β-unsaturated/α-hetero) is 1. The summed E-state index contributed by atoms with van der Waals surface area (Å²) in [5.41, 5.74) is 7.32. The third kappa shape index (κ3) is 2.73. The molecule has 3 heteroatoms. The molecule has 0 aromatic heterocycles. The maximum absolute atomic E-state index is 12.5. The minimum atomic E-state index is -0.197. The Balaban J connectivity index is 1.56. The van der Waals surface area contributed by atoms with Gasteiger partial charge in [-0.05, 0) is 93.4 Å². The van der Waals surface area contributed by atoms with Crippen molar-refractivity contribution in [2.75, 3.05) is 6.54 Å². The number of hydrogen-bond donors (Lipinski definition) is 2. The van der Waals surface area contributed by atoms with Crippen LogP contribution in [0.15, 0.2) is 11.6 Å². The summed E-state index contributed by atoms with van der Waals surface area (Å²) >= 11 is 0. The van der Waals surface area contributed by atoms with E-state index < -0.39 is 0 Å². The summed E-state index contributed by atoms with van der Waals surface area (Å²) in [6.45, 7) is 5.45. The van der Waals surface area contributed by atoms with Crippen LogP contribution in [0.1, 0.15) is 78.1 Å². The Labute approximate surface area is 158 Å². The lowest BCUT2D eigenvalue weighted by molar-refractivity contribution is -0.151. The monoisotopic (exact) mass is 359 g/mol. The summed E-state index contributed by atoms with van der Waals surface area (Å²) in [6.07, 6.45) is 12.9. The van der Waals surface area contributed by atoms with Crippen LogP contribution >= 0.6 is 0 Å². The number of aliphatic hydroxyl groups is 1. The predicted octanol–water partition coefficient (Wildman–Crippen LogP) is 4.23. The van der Waals surface area contributed by atoms with Gasteiger partial charge in [-0.3, -0.25) is 4.79 Å². The van der Waals surface area contributed by atoms with Gasteiger partial charge in [0.15, 0.2) is 0 Å². The van der Waals surface area contributed by atoms with E-state index >= 15 is 0 Å². The molecule has 0 spiro atoms. The average molecular weight is 360 g/mol. The minimum absolute atomic E-state index is 0.0953. The number of carbonyl (C=O) groups excluding carboxylic acids is 1. The molecule has 0 bridgehead atoms. The van der Waals surface area contributed by atoms with E-state index in [0.717, 1.165) is 57.9 Å². The Morgan fingerprint density at radius 2 is 2.00 bits per heavy atom. The first kappa shape index (κ1) is 18.7. The lowest BCUT2D eigenvalue weighted by Gasteiger charge is -2.60. The largest absolute Gasteiger partial charge is 0.393 e. The van der Waals surface area contributed by atoms with Crippen molar-refractivity contribution in [3.63, 3.8) is 0 Å². The molecule has 7 atom stereocenters. The van der Waals surface area contributed by atoms with Gasteiger partial charge in [0, 0.05) is 11.8 Å². The van der Waals surface area contributed by atoms with Crippen molar-refractivity contribution in [3.8, 4) is 0 Å². The molecule has 146 valence electrons. The van der Waals surface area contributed by atoms with Gasteiger partial charge in [0.25, 0.3) is 0 Å². The molecule has 0 heterocycles. The fraction of sp³-hybridized carbons (Fsp3) is 0.870. The number of nitrogens with two attached hydrogens (primary N) is 1. The van der Waals surface area contributed by atoms with Crippen molar-refractivity contribution in [1.29, 1.82) is 0 Å². The highest BCUT2D eigenvalue weighted by molar-refractivity contribution is 5.87. The zero-order valence-corrected chi connectivity index (χ0v) is 16.7. The number of unbranched alkanes of at least 4 members (excludes halogenated alkanes) is 1. The van der Waals surface area contributed by atoms with Gasteiger partial charge in [0.2, 0.25) is 0 Å². The second-order valence-corrected chi connectivity index (χ2v) is 10.2. The standard InChI is InChI=1S/C23H37NO2/c1-22-10-8-15(5-3-4-12-24)13-19(22)20(25)14-16-17-6-7-21(26)23(17,2)11-9-18(16)22/h8,16-20,25H,3-7,9-14,24H2,1-2H3/t16-,17-,18-,19?,20-,22+,23-/m0/s1. The molecule has 26 heavy (non-hydrogen) atoms. The third-order valence-electron chi connectivity index (χ3n) is 9.08. The number of fused-ring (bicyclic) bond motifs is 5. The summed E-state index contributed by atoms with van der Waals surface area (Å²) in [6, 6.07) is 0. The molecule has 3 saturated carbocycles. The fourth-order valence-corrected chi connectivity index (χ4v) is 7.47. The van der Waals surface area contributed by atoms with Gasteiger partial charge in [0.1, 0.15) is 5.78 Å². The van der Waals surface area contributed by atoms with Gasteiger partial charge in [-0.2, -0.15) is 0 Å². The molecule has 0 saturated heterocycles. The normalized spacial score (nSPS) is 47.8. The Bertz CT molecular complexity index is 599. The number of rotatable bonds is 4. The predicted molar refractivity (Wildman–Crippen MR) is 104 cm³/mol. The molecule has 4 aliphatic carbocycles. The number of allylic oxidation sites excluding steroid dienone is 2. The first-order valence-corrected chi connectivity index (χ1v) is 11.0. The Hall–Kier alpha value is -0.670. The van der Waals surface area contributed by atoms with Crippen LogP contribution in [0.2, 0.25) is 0 Å². The molecule has 0 radical (unpaired) electrons. The van der Waals surface area contributed by atoms with Crippen LogP contribution in [-0.4, -0.2) is 23.5 Å². The van der Waals surface area contributed by atoms with E-state index in [4.69, 9.17) is 5.73 Å². The van der Waals surface area contributed by atoms with Crippen molar-refractivity contribution in [2.45, 2.75) is 84.2 Å². The van der Waals surface area contributed by atoms with E-state index in [1.165, 1.54) is 12.8 Å².